The lowest BCUT2D eigenvalue weighted by Gasteiger charge is -2.18. The van der Waals surface area contributed by atoms with E-state index in [0.717, 1.165) is 0 Å². The van der Waals surface area contributed by atoms with Crippen LogP contribution in [-0.2, 0) is 0 Å². The van der Waals surface area contributed by atoms with E-state index in [9.17, 15) is 9.50 Å². The van der Waals surface area contributed by atoms with Crippen LogP contribution >= 0.6 is 11.8 Å². The number of aliphatic hydroxyl groups excluding tert-OH is 1. The Balaban J connectivity index is 2.94. The Morgan fingerprint density at radius 1 is 1.33 bits per heavy atom. The van der Waals surface area contributed by atoms with Crippen LogP contribution in [-0.4, -0.2) is 9.85 Å². The van der Waals surface area contributed by atoms with Crippen molar-refractivity contribution in [3.63, 3.8) is 0 Å². The fourth-order valence-corrected chi connectivity index (χ4v) is 2.14. The molecule has 0 spiro atoms. The first-order valence-corrected chi connectivity index (χ1v) is 5.78. The van der Waals surface area contributed by atoms with Crippen molar-refractivity contribution >= 4 is 11.8 Å². The molecule has 0 aliphatic carbocycles. The zero-order valence-electron chi connectivity index (χ0n) is 9.54. The van der Waals surface area contributed by atoms with Crippen LogP contribution in [0.2, 0.25) is 0 Å². The number of benzene rings is 1. The molecule has 15 heavy (non-hydrogen) atoms. The molecule has 0 saturated carbocycles. The maximum Gasteiger partial charge on any atom is 0.137 e. The predicted octanol–water partition coefficient (Wildman–Crippen LogP) is 3.77. The molecule has 0 radical (unpaired) electrons. The normalized spacial score (nSPS) is 14.0. The van der Waals surface area contributed by atoms with Crippen LogP contribution in [0.3, 0.4) is 0 Å². The maximum absolute atomic E-state index is 13.6. The average Bonchev–Trinajstić information content (AvgIpc) is 2.05. The molecular weight excluding hydrogens is 211 g/mol. The second-order valence-electron chi connectivity index (χ2n) is 4.58. The van der Waals surface area contributed by atoms with Gasteiger partial charge in [-0.3, -0.25) is 0 Å². The summed E-state index contributed by atoms with van der Waals surface area (Å²) in [5.41, 5.74) is 0.616. The molecule has 1 aromatic carbocycles. The number of thioether (sulfide) groups is 1. The van der Waals surface area contributed by atoms with Crippen molar-refractivity contribution in [3.8, 4) is 0 Å². The molecule has 0 saturated heterocycles. The Morgan fingerprint density at radius 2 is 1.93 bits per heavy atom. The molecule has 0 fully saturated rings. The van der Waals surface area contributed by atoms with Gasteiger partial charge in [-0.1, -0.05) is 26.8 Å². The van der Waals surface area contributed by atoms with Crippen LogP contribution < -0.4 is 0 Å². The summed E-state index contributed by atoms with van der Waals surface area (Å²) in [7, 11) is 0. The molecule has 1 atom stereocenters. The van der Waals surface area contributed by atoms with Gasteiger partial charge in [-0.05, 0) is 24.6 Å². The molecule has 84 valence electrons. The minimum Gasteiger partial charge on any atom is -0.389 e. The summed E-state index contributed by atoms with van der Waals surface area (Å²) in [4.78, 5) is 0.631. The van der Waals surface area contributed by atoms with Gasteiger partial charge in [0.05, 0.1) is 6.10 Å². The van der Waals surface area contributed by atoms with Gasteiger partial charge in [-0.25, -0.2) is 4.39 Å². The van der Waals surface area contributed by atoms with E-state index in [1.807, 2.05) is 20.8 Å². The number of aliphatic hydroxyl groups is 1. The summed E-state index contributed by atoms with van der Waals surface area (Å²) < 4.78 is 13.6. The molecule has 1 aromatic rings. The summed E-state index contributed by atoms with van der Waals surface area (Å²) in [5, 5.41) is 9.30. The van der Waals surface area contributed by atoms with E-state index in [0.29, 0.717) is 10.5 Å². The molecule has 0 unspecified atom stereocenters. The molecule has 0 heterocycles. The molecule has 1 rings (SSSR count). The molecule has 0 aliphatic rings. The van der Waals surface area contributed by atoms with Crippen LogP contribution in [0.25, 0.3) is 0 Å². The van der Waals surface area contributed by atoms with Gasteiger partial charge in [0.25, 0.3) is 0 Å². The first kappa shape index (κ1) is 12.5. The van der Waals surface area contributed by atoms with Gasteiger partial charge in [0.15, 0.2) is 0 Å². The highest BCUT2D eigenvalue weighted by molar-refractivity contribution is 8.00. The van der Waals surface area contributed by atoms with E-state index in [4.69, 9.17) is 0 Å². The maximum atomic E-state index is 13.6. The van der Waals surface area contributed by atoms with Crippen molar-refractivity contribution in [2.24, 2.45) is 0 Å². The van der Waals surface area contributed by atoms with Gasteiger partial charge in [0, 0.05) is 9.64 Å². The third-order valence-electron chi connectivity index (χ3n) is 1.85. The van der Waals surface area contributed by atoms with E-state index < -0.39 is 6.10 Å². The predicted molar refractivity (Wildman–Crippen MR) is 62.6 cm³/mol. The van der Waals surface area contributed by atoms with Gasteiger partial charge >= 0.3 is 0 Å². The van der Waals surface area contributed by atoms with E-state index in [1.54, 1.807) is 19.1 Å². The van der Waals surface area contributed by atoms with Crippen LogP contribution in [0.5, 0.6) is 0 Å². The molecule has 1 nitrogen and oxygen atoms in total. The highest BCUT2D eigenvalue weighted by Crippen LogP contribution is 2.34. The van der Waals surface area contributed by atoms with E-state index in [-0.39, 0.29) is 10.6 Å². The van der Waals surface area contributed by atoms with Crippen molar-refractivity contribution in [2.75, 3.05) is 0 Å². The second kappa shape index (κ2) is 4.54. The van der Waals surface area contributed by atoms with Gasteiger partial charge in [-0.15, -0.1) is 11.8 Å². The van der Waals surface area contributed by atoms with Crippen molar-refractivity contribution in [1.29, 1.82) is 0 Å². The summed E-state index contributed by atoms with van der Waals surface area (Å²) in [6.07, 6.45) is -0.617. The number of halogens is 1. The van der Waals surface area contributed by atoms with Gasteiger partial charge in [0.1, 0.15) is 5.82 Å². The van der Waals surface area contributed by atoms with Gasteiger partial charge in [-0.2, -0.15) is 0 Å². The highest BCUT2D eigenvalue weighted by Gasteiger charge is 2.15. The van der Waals surface area contributed by atoms with E-state index in [2.05, 4.69) is 0 Å². The Labute approximate surface area is 94.7 Å². The zero-order chi connectivity index (χ0) is 11.6. The van der Waals surface area contributed by atoms with Crippen molar-refractivity contribution in [3.05, 3.63) is 29.6 Å². The van der Waals surface area contributed by atoms with Crippen molar-refractivity contribution in [2.45, 2.75) is 43.4 Å². The molecule has 0 bridgehead atoms. The first-order valence-electron chi connectivity index (χ1n) is 4.96. The minimum atomic E-state index is -0.617. The second-order valence-corrected chi connectivity index (χ2v) is 6.45. The monoisotopic (exact) mass is 228 g/mol. The molecule has 0 aliphatic heterocycles. The Bertz CT molecular complexity index is 342. The Morgan fingerprint density at radius 3 is 2.33 bits per heavy atom. The van der Waals surface area contributed by atoms with E-state index in [1.165, 1.54) is 17.8 Å². The lowest BCUT2D eigenvalue weighted by molar-refractivity contribution is 0.198. The van der Waals surface area contributed by atoms with Crippen LogP contribution in [0.1, 0.15) is 39.4 Å². The first-order chi connectivity index (χ1) is 6.79. The average molecular weight is 228 g/mol. The molecule has 0 amide bonds. The summed E-state index contributed by atoms with van der Waals surface area (Å²) in [6, 6.07) is 4.90. The molecule has 3 heteroatoms. The lowest BCUT2D eigenvalue weighted by atomic mass is 10.1. The highest BCUT2D eigenvalue weighted by atomic mass is 32.2. The lowest BCUT2D eigenvalue weighted by Crippen LogP contribution is -2.07. The zero-order valence-corrected chi connectivity index (χ0v) is 10.4. The quantitative estimate of drug-likeness (QED) is 0.777. The van der Waals surface area contributed by atoms with Crippen LogP contribution in [0, 0.1) is 5.82 Å². The third kappa shape index (κ3) is 3.84. The van der Waals surface area contributed by atoms with Gasteiger partial charge < -0.3 is 5.11 Å². The topological polar surface area (TPSA) is 20.2 Å². The third-order valence-corrected chi connectivity index (χ3v) is 3.02. The summed E-state index contributed by atoms with van der Waals surface area (Å²) >= 11 is 1.49. The fourth-order valence-electron chi connectivity index (χ4n) is 1.19. The van der Waals surface area contributed by atoms with Gasteiger partial charge in [0.2, 0.25) is 0 Å². The number of hydrogen-bond donors (Lipinski definition) is 1. The fraction of sp³-hybridized carbons (Fsp3) is 0.500. The number of hydrogen-bond acceptors (Lipinski definition) is 2. The number of rotatable bonds is 2. The summed E-state index contributed by atoms with van der Waals surface area (Å²) in [6.45, 7) is 7.75. The van der Waals surface area contributed by atoms with E-state index >= 15 is 0 Å². The smallest absolute Gasteiger partial charge is 0.137 e. The molecule has 0 aromatic heterocycles. The standard InChI is InChI=1S/C12H17FOS/c1-8(14)9-5-6-11(10(13)7-9)15-12(2,3)4/h5-8,14H,1-4H3/t8-/m0/s1. The molecular formula is C12H17FOS. The van der Waals surface area contributed by atoms with Crippen LogP contribution in [0.15, 0.2) is 23.1 Å². The van der Waals surface area contributed by atoms with Crippen molar-refractivity contribution < 1.29 is 9.50 Å². The van der Waals surface area contributed by atoms with Crippen LogP contribution in [0.4, 0.5) is 4.39 Å². The SMILES string of the molecule is C[C@H](O)c1ccc(SC(C)(C)C)c(F)c1. The molecule has 1 N–H and O–H groups in total. The Hall–Kier alpha value is -0.540. The summed E-state index contributed by atoms with van der Waals surface area (Å²) in [5.74, 6) is -0.256. The van der Waals surface area contributed by atoms with Crippen molar-refractivity contribution in [1.82, 2.24) is 0 Å². The minimum absolute atomic E-state index is 0.00676. The largest absolute Gasteiger partial charge is 0.389 e. The Kier molecular flexibility index (Phi) is 3.79.